The second kappa shape index (κ2) is 13.1. The van der Waals surface area contributed by atoms with E-state index in [9.17, 15) is 0 Å². The molecule has 0 unspecified atom stereocenters. The lowest BCUT2D eigenvalue weighted by atomic mass is 10.2. The van der Waals surface area contributed by atoms with Crippen LogP contribution in [0.4, 0.5) is 0 Å². The van der Waals surface area contributed by atoms with Crippen LogP contribution in [0.3, 0.4) is 0 Å². The zero-order chi connectivity index (χ0) is 15.2. The van der Waals surface area contributed by atoms with Gasteiger partial charge in [-0.05, 0) is 25.0 Å². The quantitative estimate of drug-likeness (QED) is 0.309. The molecule has 1 heterocycles. The van der Waals surface area contributed by atoms with E-state index in [1.54, 1.807) is 0 Å². The highest BCUT2D eigenvalue weighted by Crippen LogP contribution is 2.00. The van der Waals surface area contributed by atoms with Crippen molar-refractivity contribution in [1.82, 2.24) is 4.57 Å². The Morgan fingerprint density at radius 3 is 2.52 bits per heavy atom. The fourth-order valence-corrected chi connectivity index (χ4v) is 2.24. The third-order valence-corrected chi connectivity index (χ3v) is 3.49. The van der Waals surface area contributed by atoms with Crippen molar-refractivity contribution in [2.24, 2.45) is 0 Å². The molecule has 122 valence electrons. The van der Waals surface area contributed by atoms with Gasteiger partial charge in [-0.3, -0.25) is 0 Å². The number of ether oxygens (including phenoxy) is 2. The summed E-state index contributed by atoms with van der Waals surface area (Å²) in [4.78, 5) is 0. The van der Waals surface area contributed by atoms with Gasteiger partial charge in [-0.15, -0.1) is 0 Å². The summed E-state index contributed by atoms with van der Waals surface area (Å²) < 4.78 is 15.0. The topological polar surface area (TPSA) is 47.5 Å². The third kappa shape index (κ3) is 9.90. The molecule has 0 aromatic carbocycles. The van der Waals surface area contributed by atoms with Crippen LogP contribution >= 0.6 is 12.6 Å². The van der Waals surface area contributed by atoms with E-state index in [0.717, 1.165) is 18.8 Å². The SMILES string of the molecule is OCCOCCOCCn1cc[n+](CCCCCCS)c1. The molecule has 0 amide bonds. The summed E-state index contributed by atoms with van der Waals surface area (Å²) in [6.07, 6.45) is 11.3. The van der Waals surface area contributed by atoms with Gasteiger partial charge in [0.1, 0.15) is 18.9 Å². The largest absolute Gasteiger partial charge is 0.394 e. The molecule has 0 aliphatic heterocycles. The molecule has 1 N–H and O–H groups in total. The van der Waals surface area contributed by atoms with E-state index >= 15 is 0 Å². The molecule has 1 rings (SSSR count). The van der Waals surface area contributed by atoms with Gasteiger partial charge in [-0.1, -0.05) is 6.42 Å². The average molecular weight is 317 g/mol. The molecule has 0 saturated carbocycles. The maximum absolute atomic E-state index is 8.55. The number of imidazole rings is 1. The molecular formula is C15H29N2O3S+. The summed E-state index contributed by atoms with van der Waals surface area (Å²) in [5.41, 5.74) is 0. The minimum Gasteiger partial charge on any atom is -0.394 e. The van der Waals surface area contributed by atoms with Crippen molar-refractivity contribution in [1.29, 1.82) is 0 Å². The second-order valence-corrected chi connectivity index (χ2v) is 5.42. The smallest absolute Gasteiger partial charge is 0.243 e. The molecule has 0 radical (unpaired) electrons. The molecular weight excluding hydrogens is 288 g/mol. The van der Waals surface area contributed by atoms with Crippen molar-refractivity contribution in [3.05, 3.63) is 18.7 Å². The number of aryl methyl sites for hydroxylation is 1. The fraction of sp³-hybridized carbons (Fsp3) is 0.800. The summed E-state index contributed by atoms with van der Waals surface area (Å²) in [5.74, 6) is 0.995. The molecule has 6 heteroatoms. The molecule has 21 heavy (non-hydrogen) atoms. The number of nitrogens with zero attached hydrogens (tertiary/aromatic N) is 2. The van der Waals surface area contributed by atoms with Gasteiger partial charge in [0.25, 0.3) is 0 Å². The van der Waals surface area contributed by atoms with Crippen LogP contribution < -0.4 is 4.57 Å². The predicted molar refractivity (Wildman–Crippen MR) is 85.7 cm³/mol. The molecule has 0 aliphatic rings. The van der Waals surface area contributed by atoms with E-state index < -0.39 is 0 Å². The first-order valence-corrected chi connectivity index (χ1v) is 8.42. The highest BCUT2D eigenvalue weighted by molar-refractivity contribution is 7.80. The van der Waals surface area contributed by atoms with Crippen LogP contribution in [0.15, 0.2) is 18.7 Å². The fourth-order valence-electron chi connectivity index (χ4n) is 2.02. The highest BCUT2D eigenvalue weighted by atomic mass is 32.1. The summed E-state index contributed by atoms with van der Waals surface area (Å²) in [7, 11) is 0. The maximum atomic E-state index is 8.55. The number of rotatable bonds is 14. The lowest BCUT2D eigenvalue weighted by Gasteiger charge is -2.03. The van der Waals surface area contributed by atoms with E-state index in [0.29, 0.717) is 26.4 Å². The lowest BCUT2D eigenvalue weighted by molar-refractivity contribution is -0.696. The molecule has 1 aromatic rings. The summed E-state index contributed by atoms with van der Waals surface area (Å²) in [6.45, 7) is 4.18. The summed E-state index contributed by atoms with van der Waals surface area (Å²) in [5, 5.41) is 8.55. The molecule has 0 atom stereocenters. The summed E-state index contributed by atoms with van der Waals surface area (Å²) in [6, 6.07) is 0. The Morgan fingerprint density at radius 2 is 1.76 bits per heavy atom. The predicted octanol–water partition coefficient (Wildman–Crippen LogP) is 1.29. The van der Waals surface area contributed by atoms with E-state index in [-0.39, 0.29) is 6.61 Å². The Bertz CT molecular complexity index is 347. The number of aromatic nitrogens is 2. The Kier molecular flexibility index (Phi) is 11.6. The van der Waals surface area contributed by atoms with Crippen LogP contribution in [0.2, 0.25) is 0 Å². The van der Waals surface area contributed by atoms with E-state index in [4.69, 9.17) is 14.6 Å². The monoisotopic (exact) mass is 317 g/mol. The van der Waals surface area contributed by atoms with Crippen LogP contribution in [-0.4, -0.2) is 48.5 Å². The number of aliphatic hydroxyl groups is 1. The zero-order valence-electron chi connectivity index (χ0n) is 12.8. The molecule has 0 saturated heterocycles. The van der Waals surface area contributed by atoms with Gasteiger partial charge >= 0.3 is 0 Å². The van der Waals surface area contributed by atoms with Crippen molar-refractivity contribution in [3.8, 4) is 0 Å². The Hall–Kier alpha value is -0.560. The van der Waals surface area contributed by atoms with Gasteiger partial charge in [-0.2, -0.15) is 12.6 Å². The van der Waals surface area contributed by atoms with Crippen LogP contribution in [0.1, 0.15) is 25.7 Å². The Morgan fingerprint density at radius 1 is 1.00 bits per heavy atom. The van der Waals surface area contributed by atoms with Gasteiger partial charge in [0.05, 0.1) is 39.6 Å². The number of aliphatic hydroxyl groups excluding tert-OH is 1. The minimum absolute atomic E-state index is 0.0675. The van der Waals surface area contributed by atoms with Crippen molar-refractivity contribution in [2.45, 2.75) is 38.8 Å². The van der Waals surface area contributed by atoms with E-state index in [1.165, 1.54) is 25.7 Å². The van der Waals surface area contributed by atoms with Gasteiger partial charge in [0.2, 0.25) is 6.33 Å². The van der Waals surface area contributed by atoms with Crippen LogP contribution in [0.5, 0.6) is 0 Å². The molecule has 0 bridgehead atoms. The van der Waals surface area contributed by atoms with Gasteiger partial charge in [-0.25, -0.2) is 9.13 Å². The third-order valence-electron chi connectivity index (χ3n) is 3.17. The van der Waals surface area contributed by atoms with E-state index in [1.807, 2.05) is 0 Å². The molecule has 0 aliphatic carbocycles. The Balaban J connectivity index is 2.01. The van der Waals surface area contributed by atoms with Gasteiger partial charge in [0, 0.05) is 0 Å². The molecule has 1 aromatic heterocycles. The number of hydrogen-bond acceptors (Lipinski definition) is 4. The lowest BCUT2D eigenvalue weighted by Crippen LogP contribution is -2.31. The van der Waals surface area contributed by atoms with Crippen molar-refractivity contribution in [3.63, 3.8) is 0 Å². The number of hydrogen-bond donors (Lipinski definition) is 2. The normalized spacial score (nSPS) is 11.1. The van der Waals surface area contributed by atoms with E-state index in [2.05, 4.69) is 40.5 Å². The first-order chi connectivity index (χ1) is 10.4. The molecule has 0 spiro atoms. The first kappa shape index (κ1) is 18.5. The van der Waals surface area contributed by atoms with Crippen molar-refractivity contribution in [2.75, 3.05) is 38.8 Å². The number of unbranched alkanes of at least 4 members (excludes halogenated alkanes) is 3. The summed E-state index contributed by atoms with van der Waals surface area (Å²) >= 11 is 4.22. The zero-order valence-corrected chi connectivity index (χ0v) is 13.7. The van der Waals surface area contributed by atoms with Crippen molar-refractivity contribution >= 4 is 12.6 Å². The standard InChI is InChI=1S/C15H28N2O3S/c18-9-11-20-13-12-19-10-8-17-7-6-16(15-17)5-3-1-2-4-14-21/h6-7,15,18H,1-5,8-14H2/p+1. The van der Waals surface area contributed by atoms with Crippen molar-refractivity contribution < 1.29 is 19.1 Å². The molecule has 0 fully saturated rings. The van der Waals surface area contributed by atoms with Crippen LogP contribution in [0.25, 0.3) is 0 Å². The first-order valence-electron chi connectivity index (χ1n) is 7.79. The minimum atomic E-state index is 0.0675. The maximum Gasteiger partial charge on any atom is 0.243 e. The molecule has 5 nitrogen and oxygen atoms in total. The highest BCUT2D eigenvalue weighted by Gasteiger charge is 2.03. The average Bonchev–Trinajstić information content (AvgIpc) is 2.94. The van der Waals surface area contributed by atoms with Crippen LogP contribution in [-0.2, 0) is 22.6 Å². The van der Waals surface area contributed by atoms with Gasteiger partial charge < -0.3 is 14.6 Å². The second-order valence-electron chi connectivity index (χ2n) is 4.98. The van der Waals surface area contributed by atoms with Gasteiger partial charge in [0.15, 0.2) is 0 Å². The van der Waals surface area contributed by atoms with Crippen LogP contribution in [0, 0.1) is 0 Å². The Labute approximate surface area is 133 Å². The number of thiol groups is 1.